The number of fused-ring (bicyclic) bond motifs is 1. The Hall–Kier alpha value is -2.36. The minimum atomic E-state index is -4.62. The summed E-state index contributed by atoms with van der Waals surface area (Å²) >= 11 is 5.89. The highest BCUT2D eigenvalue weighted by atomic mass is 35.5. The number of aryl methyl sites for hydroxylation is 1. The zero-order valence-corrected chi connectivity index (χ0v) is 16.2. The summed E-state index contributed by atoms with van der Waals surface area (Å²) in [6.07, 6.45) is 0.0408. The average molecular weight is 430 g/mol. The van der Waals surface area contributed by atoms with Crippen LogP contribution in [0.1, 0.15) is 48.8 Å². The first-order valence-corrected chi connectivity index (χ1v) is 9.82. The molecule has 2 aliphatic heterocycles. The largest absolute Gasteiger partial charge is 0.417 e. The van der Waals surface area contributed by atoms with E-state index in [0.29, 0.717) is 38.2 Å². The summed E-state index contributed by atoms with van der Waals surface area (Å²) < 4.78 is 41.7. The standard InChI is InChI=1S/C18H19ClF3N5O2/c19-15-11(18(20,21)22)6-7-23-12(15)10-26-17(29)27-13(4-3-5-14(27)24-26)16(28)25-8-1-2-9-25/h6-7,13H,1-5,8-10H2. The Kier molecular flexibility index (Phi) is 5.14. The minimum absolute atomic E-state index is 0.0959. The van der Waals surface area contributed by atoms with Gasteiger partial charge in [0.1, 0.15) is 11.9 Å². The Morgan fingerprint density at radius 3 is 2.66 bits per heavy atom. The molecule has 1 amide bonds. The molecule has 1 saturated heterocycles. The predicted molar refractivity (Wildman–Crippen MR) is 97.6 cm³/mol. The summed E-state index contributed by atoms with van der Waals surface area (Å²) in [6, 6.07) is 0.167. The van der Waals surface area contributed by atoms with Crippen molar-refractivity contribution in [1.29, 1.82) is 0 Å². The first-order valence-electron chi connectivity index (χ1n) is 9.45. The van der Waals surface area contributed by atoms with Gasteiger partial charge in [-0.15, -0.1) is 0 Å². The van der Waals surface area contributed by atoms with E-state index in [0.717, 1.165) is 29.8 Å². The molecule has 0 aliphatic carbocycles. The normalized spacial score (nSPS) is 19.4. The highest BCUT2D eigenvalue weighted by Gasteiger charge is 2.36. The van der Waals surface area contributed by atoms with Crippen LogP contribution in [0.5, 0.6) is 0 Å². The molecule has 0 spiro atoms. The molecule has 0 saturated carbocycles. The monoisotopic (exact) mass is 429 g/mol. The number of carbonyl (C=O) groups excluding carboxylic acids is 1. The highest BCUT2D eigenvalue weighted by molar-refractivity contribution is 6.32. The molecule has 0 N–H and O–H groups in total. The number of carbonyl (C=O) groups is 1. The third kappa shape index (κ3) is 3.65. The van der Waals surface area contributed by atoms with Crippen molar-refractivity contribution in [3.63, 3.8) is 0 Å². The lowest BCUT2D eigenvalue weighted by atomic mass is 10.0. The molecule has 4 rings (SSSR count). The Morgan fingerprint density at radius 2 is 1.97 bits per heavy atom. The van der Waals surface area contributed by atoms with Crippen LogP contribution in [0.4, 0.5) is 13.2 Å². The van der Waals surface area contributed by atoms with Gasteiger partial charge in [0.05, 0.1) is 22.8 Å². The quantitative estimate of drug-likeness (QED) is 0.752. The van der Waals surface area contributed by atoms with Crippen LogP contribution in [0.3, 0.4) is 0 Å². The summed E-state index contributed by atoms with van der Waals surface area (Å²) in [7, 11) is 0. The lowest BCUT2D eigenvalue weighted by Crippen LogP contribution is -2.41. The van der Waals surface area contributed by atoms with Gasteiger partial charge < -0.3 is 4.90 Å². The average Bonchev–Trinajstić information content (AvgIpc) is 3.31. The van der Waals surface area contributed by atoms with Crippen molar-refractivity contribution in [1.82, 2.24) is 24.2 Å². The Labute approximate surface area is 169 Å². The van der Waals surface area contributed by atoms with Gasteiger partial charge in [-0.3, -0.25) is 14.3 Å². The van der Waals surface area contributed by atoms with Gasteiger partial charge in [0, 0.05) is 25.7 Å². The van der Waals surface area contributed by atoms with Crippen LogP contribution < -0.4 is 5.69 Å². The summed E-state index contributed by atoms with van der Waals surface area (Å²) in [5, 5.41) is 3.70. The molecule has 1 atom stereocenters. The van der Waals surface area contributed by atoms with Crippen molar-refractivity contribution in [3.05, 3.63) is 44.9 Å². The molecule has 1 unspecified atom stereocenters. The lowest BCUT2D eigenvalue weighted by Gasteiger charge is -2.27. The second-order valence-electron chi connectivity index (χ2n) is 7.28. The maximum atomic E-state index is 13.1. The zero-order chi connectivity index (χ0) is 20.8. The second-order valence-corrected chi connectivity index (χ2v) is 7.66. The van der Waals surface area contributed by atoms with Crippen molar-refractivity contribution in [2.75, 3.05) is 13.1 Å². The third-order valence-corrected chi connectivity index (χ3v) is 5.82. The number of likely N-dealkylation sites (tertiary alicyclic amines) is 1. The molecular weight excluding hydrogens is 411 g/mol. The van der Waals surface area contributed by atoms with Gasteiger partial charge in [-0.05, 0) is 31.7 Å². The maximum absolute atomic E-state index is 13.1. The van der Waals surface area contributed by atoms with Gasteiger partial charge >= 0.3 is 11.9 Å². The Morgan fingerprint density at radius 1 is 1.24 bits per heavy atom. The van der Waals surface area contributed by atoms with Crippen LogP contribution in [-0.2, 0) is 23.9 Å². The molecule has 29 heavy (non-hydrogen) atoms. The van der Waals surface area contributed by atoms with Crippen molar-refractivity contribution in [2.24, 2.45) is 0 Å². The molecule has 0 bridgehead atoms. The minimum Gasteiger partial charge on any atom is -0.341 e. The molecule has 2 aliphatic rings. The molecule has 156 valence electrons. The molecule has 1 fully saturated rings. The van der Waals surface area contributed by atoms with Crippen molar-refractivity contribution in [2.45, 2.75) is 50.9 Å². The SMILES string of the molecule is O=C(C1CCCc2nn(Cc3nccc(C(F)(F)F)c3Cl)c(=O)n21)N1CCCC1. The fourth-order valence-corrected chi connectivity index (χ4v) is 4.25. The smallest absolute Gasteiger partial charge is 0.341 e. The van der Waals surface area contributed by atoms with Crippen LogP contribution >= 0.6 is 11.6 Å². The van der Waals surface area contributed by atoms with Gasteiger partial charge in [0.25, 0.3) is 0 Å². The molecule has 0 radical (unpaired) electrons. The topological polar surface area (TPSA) is 73.0 Å². The van der Waals surface area contributed by atoms with E-state index in [2.05, 4.69) is 10.1 Å². The van der Waals surface area contributed by atoms with Crippen LogP contribution in [0.15, 0.2) is 17.1 Å². The molecule has 11 heteroatoms. The number of halogens is 4. The van der Waals surface area contributed by atoms with Crippen molar-refractivity contribution < 1.29 is 18.0 Å². The summed E-state index contributed by atoms with van der Waals surface area (Å²) in [4.78, 5) is 31.5. The van der Waals surface area contributed by atoms with Crippen molar-refractivity contribution in [3.8, 4) is 0 Å². The van der Waals surface area contributed by atoms with E-state index in [1.807, 2.05) is 0 Å². The number of pyridine rings is 1. The van der Waals surface area contributed by atoms with E-state index in [-0.39, 0.29) is 18.1 Å². The fraction of sp³-hybridized carbons (Fsp3) is 0.556. The first kappa shape index (κ1) is 19.9. The number of amides is 1. The first-order chi connectivity index (χ1) is 13.8. The number of hydrogen-bond acceptors (Lipinski definition) is 4. The van der Waals surface area contributed by atoms with Gasteiger partial charge in [-0.1, -0.05) is 11.6 Å². The van der Waals surface area contributed by atoms with E-state index in [1.165, 1.54) is 4.57 Å². The highest BCUT2D eigenvalue weighted by Crippen LogP contribution is 2.35. The number of alkyl halides is 3. The van der Waals surface area contributed by atoms with Crippen LogP contribution in [-0.4, -0.2) is 43.2 Å². The molecule has 0 aromatic carbocycles. The van der Waals surface area contributed by atoms with E-state index in [9.17, 15) is 22.8 Å². The predicted octanol–water partition coefficient (Wildman–Crippen LogP) is 2.66. The summed E-state index contributed by atoms with van der Waals surface area (Å²) in [5.74, 6) is 0.363. The number of hydrogen-bond donors (Lipinski definition) is 0. The van der Waals surface area contributed by atoms with Gasteiger partial charge in [0.15, 0.2) is 0 Å². The number of nitrogens with zero attached hydrogens (tertiary/aromatic N) is 5. The molecule has 7 nitrogen and oxygen atoms in total. The van der Waals surface area contributed by atoms with Crippen LogP contribution in [0.25, 0.3) is 0 Å². The Bertz CT molecular complexity index is 994. The fourth-order valence-electron chi connectivity index (χ4n) is 3.97. The number of aromatic nitrogens is 4. The molecule has 2 aromatic rings. The molecule has 4 heterocycles. The molecule has 2 aromatic heterocycles. The maximum Gasteiger partial charge on any atom is 0.417 e. The van der Waals surface area contributed by atoms with Gasteiger partial charge in [-0.25, -0.2) is 9.48 Å². The van der Waals surface area contributed by atoms with E-state index < -0.39 is 28.5 Å². The summed E-state index contributed by atoms with van der Waals surface area (Å²) in [5.41, 5.74) is -1.64. The van der Waals surface area contributed by atoms with E-state index in [4.69, 9.17) is 11.6 Å². The van der Waals surface area contributed by atoms with Gasteiger partial charge in [-0.2, -0.15) is 18.3 Å². The van der Waals surface area contributed by atoms with E-state index in [1.54, 1.807) is 4.90 Å². The molecular formula is C18H19ClF3N5O2. The van der Waals surface area contributed by atoms with Crippen LogP contribution in [0, 0.1) is 0 Å². The number of rotatable bonds is 3. The van der Waals surface area contributed by atoms with Gasteiger partial charge in [0.2, 0.25) is 5.91 Å². The summed E-state index contributed by atoms with van der Waals surface area (Å²) in [6.45, 7) is 1.06. The van der Waals surface area contributed by atoms with E-state index >= 15 is 0 Å². The van der Waals surface area contributed by atoms with Crippen molar-refractivity contribution >= 4 is 17.5 Å². The van der Waals surface area contributed by atoms with Crippen LogP contribution in [0.2, 0.25) is 5.02 Å². The zero-order valence-electron chi connectivity index (χ0n) is 15.5. The second kappa shape index (κ2) is 7.47. The lowest BCUT2D eigenvalue weighted by molar-refractivity contribution is -0.137. The third-order valence-electron chi connectivity index (χ3n) is 5.40. The Balaban J connectivity index is 1.67.